The summed E-state index contributed by atoms with van der Waals surface area (Å²) in [6.07, 6.45) is 1.82. The Kier molecular flexibility index (Phi) is 7.60. The molecule has 2 aliphatic heterocycles. The zero-order valence-corrected chi connectivity index (χ0v) is 22.2. The number of aliphatic hydroxyl groups is 1. The lowest BCUT2D eigenvalue weighted by molar-refractivity contribution is 0.0379. The zero-order valence-electron chi connectivity index (χ0n) is 22.2. The summed E-state index contributed by atoms with van der Waals surface area (Å²) in [5.74, 6) is 0.974. The van der Waals surface area contributed by atoms with Gasteiger partial charge in [0.15, 0.2) is 0 Å². The van der Waals surface area contributed by atoms with Gasteiger partial charge in [-0.25, -0.2) is 0 Å². The van der Waals surface area contributed by atoms with E-state index in [0.29, 0.717) is 12.6 Å². The average molecular weight is 503 g/mol. The smallest absolute Gasteiger partial charge is 0.318 e. The van der Waals surface area contributed by atoms with Gasteiger partial charge in [0, 0.05) is 55.9 Å². The van der Waals surface area contributed by atoms with E-state index >= 15 is 0 Å². The van der Waals surface area contributed by atoms with Gasteiger partial charge < -0.3 is 24.5 Å². The number of nitrogens with zero attached hydrogens (tertiary/aromatic N) is 6. The number of piperazine rings is 1. The van der Waals surface area contributed by atoms with Gasteiger partial charge in [0.1, 0.15) is 18.1 Å². The predicted octanol–water partition coefficient (Wildman–Crippen LogP) is 3.15. The molecule has 1 saturated heterocycles. The van der Waals surface area contributed by atoms with Crippen molar-refractivity contribution < 1.29 is 9.84 Å². The number of benzene rings is 2. The monoisotopic (exact) mass is 502 g/mol. The van der Waals surface area contributed by atoms with E-state index in [0.717, 1.165) is 57.2 Å². The van der Waals surface area contributed by atoms with E-state index in [1.54, 1.807) is 6.08 Å². The Hall–Kier alpha value is -3.20. The number of hydrogen-bond donors (Lipinski definition) is 1. The van der Waals surface area contributed by atoms with Crippen LogP contribution in [-0.4, -0.2) is 90.6 Å². The SMILES string of the molecule is C=CC(O)N1CCN(c2nc(OC(C)CN(C)C)nc3c2CCN(c2cccc4ccccc24)C3)CC1. The molecule has 37 heavy (non-hydrogen) atoms. The van der Waals surface area contributed by atoms with Gasteiger partial charge in [-0.05, 0) is 45.0 Å². The van der Waals surface area contributed by atoms with Crippen molar-refractivity contribution in [2.75, 3.05) is 63.2 Å². The predicted molar refractivity (Wildman–Crippen MR) is 149 cm³/mol. The van der Waals surface area contributed by atoms with Crippen molar-refractivity contribution in [3.63, 3.8) is 0 Å². The number of aromatic nitrogens is 2. The lowest BCUT2D eigenvalue weighted by Gasteiger charge is -2.39. The molecule has 2 aliphatic rings. The second kappa shape index (κ2) is 11.0. The number of fused-ring (bicyclic) bond motifs is 2. The molecule has 0 aliphatic carbocycles. The first kappa shape index (κ1) is 25.4. The first-order chi connectivity index (χ1) is 17.9. The minimum absolute atomic E-state index is 0.0294. The number of rotatable bonds is 8. The van der Waals surface area contributed by atoms with Crippen LogP contribution in [0, 0.1) is 0 Å². The maximum Gasteiger partial charge on any atom is 0.318 e. The van der Waals surface area contributed by atoms with Crippen molar-refractivity contribution in [2.45, 2.75) is 32.2 Å². The quantitative estimate of drug-likeness (QED) is 0.472. The number of anilines is 2. The molecule has 1 aromatic heterocycles. The highest BCUT2D eigenvalue weighted by Crippen LogP contribution is 2.34. The Morgan fingerprint density at radius 2 is 1.78 bits per heavy atom. The van der Waals surface area contributed by atoms with Crippen LogP contribution < -0.4 is 14.5 Å². The Balaban J connectivity index is 1.46. The molecule has 3 heterocycles. The fraction of sp³-hybridized carbons (Fsp3) is 0.448. The topological polar surface area (TPSA) is 68.2 Å². The highest BCUT2D eigenvalue weighted by atomic mass is 16.5. The van der Waals surface area contributed by atoms with Gasteiger partial charge in [0.25, 0.3) is 0 Å². The summed E-state index contributed by atoms with van der Waals surface area (Å²) in [4.78, 5) is 18.8. The van der Waals surface area contributed by atoms with Crippen LogP contribution >= 0.6 is 0 Å². The highest BCUT2D eigenvalue weighted by Gasteiger charge is 2.29. The molecule has 0 radical (unpaired) electrons. The second-order valence-corrected chi connectivity index (χ2v) is 10.3. The standard InChI is InChI=1S/C29H38N6O2/c1-5-27(36)33-15-17-34(18-16-33)28-24-13-14-35(26-12-8-10-22-9-6-7-11-23(22)26)20-25(24)30-29(31-28)37-21(2)19-32(3)4/h5-12,21,27,36H,1,13-20H2,2-4H3. The minimum atomic E-state index is -0.610. The number of aliphatic hydroxyl groups excluding tert-OH is 1. The molecule has 2 unspecified atom stereocenters. The van der Waals surface area contributed by atoms with Crippen LogP contribution in [0.5, 0.6) is 6.01 Å². The molecule has 196 valence electrons. The molecular weight excluding hydrogens is 464 g/mol. The van der Waals surface area contributed by atoms with Gasteiger partial charge in [-0.3, -0.25) is 4.90 Å². The average Bonchev–Trinajstić information content (AvgIpc) is 2.91. The number of likely N-dealkylation sites (N-methyl/N-ethyl adjacent to an activating group) is 1. The summed E-state index contributed by atoms with van der Waals surface area (Å²) >= 11 is 0. The molecule has 2 aromatic carbocycles. The van der Waals surface area contributed by atoms with Gasteiger partial charge in [-0.2, -0.15) is 9.97 Å². The van der Waals surface area contributed by atoms with E-state index in [-0.39, 0.29) is 6.10 Å². The summed E-state index contributed by atoms with van der Waals surface area (Å²) in [5.41, 5.74) is 3.48. The molecule has 0 spiro atoms. The van der Waals surface area contributed by atoms with E-state index in [4.69, 9.17) is 14.7 Å². The molecular formula is C29H38N6O2. The molecule has 2 atom stereocenters. The molecule has 0 saturated carbocycles. The fourth-order valence-electron chi connectivity index (χ4n) is 5.47. The lowest BCUT2D eigenvalue weighted by Crippen LogP contribution is -2.50. The van der Waals surface area contributed by atoms with E-state index in [1.165, 1.54) is 22.0 Å². The van der Waals surface area contributed by atoms with Gasteiger partial charge in [0.2, 0.25) is 0 Å². The van der Waals surface area contributed by atoms with Crippen molar-refractivity contribution in [3.8, 4) is 6.01 Å². The first-order valence-corrected chi connectivity index (χ1v) is 13.2. The maximum atomic E-state index is 10.2. The first-order valence-electron chi connectivity index (χ1n) is 13.2. The Morgan fingerprint density at radius 3 is 2.54 bits per heavy atom. The van der Waals surface area contributed by atoms with E-state index < -0.39 is 6.23 Å². The Bertz CT molecular complexity index is 1240. The zero-order chi connectivity index (χ0) is 25.9. The van der Waals surface area contributed by atoms with Crippen LogP contribution in [0.4, 0.5) is 11.5 Å². The minimum Gasteiger partial charge on any atom is -0.459 e. The fourth-order valence-corrected chi connectivity index (χ4v) is 5.47. The van der Waals surface area contributed by atoms with E-state index in [2.05, 4.69) is 70.7 Å². The van der Waals surface area contributed by atoms with Gasteiger partial charge in [-0.1, -0.05) is 43.0 Å². The molecule has 3 aromatic rings. The molecule has 1 N–H and O–H groups in total. The van der Waals surface area contributed by atoms with Crippen molar-refractivity contribution >= 4 is 22.3 Å². The van der Waals surface area contributed by atoms with Gasteiger partial charge in [-0.15, -0.1) is 0 Å². The van der Waals surface area contributed by atoms with E-state index in [1.807, 2.05) is 19.0 Å². The third kappa shape index (κ3) is 5.56. The maximum absolute atomic E-state index is 10.2. The Morgan fingerprint density at radius 1 is 1.03 bits per heavy atom. The molecule has 0 amide bonds. The summed E-state index contributed by atoms with van der Waals surface area (Å²) in [7, 11) is 4.08. The van der Waals surface area contributed by atoms with Crippen molar-refractivity contribution in [3.05, 3.63) is 66.4 Å². The van der Waals surface area contributed by atoms with E-state index in [9.17, 15) is 5.11 Å². The van der Waals surface area contributed by atoms with Crippen LogP contribution in [0.15, 0.2) is 55.1 Å². The number of ether oxygens (including phenoxy) is 1. The summed E-state index contributed by atoms with van der Waals surface area (Å²) < 4.78 is 6.24. The van der Waals surface area contributed by atoms with Crippen LogP contribution in [0.3, 0.4) is 0 Å². The van der Waals surface area contributed by atoms with Gasteiger partial charge in [0.05, 0.1) is 12.2 Å². The third-order valence-corrected chi connectivity index (χ3v) is 7.26. The lowest BCUT2D eigenvalue weighted by atomic mass is 10.0. The van der Waals surface area contributed by atoms with Crippen LogP contribution in [0.1, 0.15) is 18.2 Å². The Labute approximate surface area is 219 Å². The van der Waals surface area contributed by atoms with Gasteiger partial charge >= 0.3 is 6.01 Å². The normalized spacial score (nSPS) is 18.1. The van der Waals surface area contributed by atoms with Crippen LogP contribution in [0.25, 0.3) is 10.8 Å². The number of hydrogen-bond acceptors (Lipinski definition) is 8. The highest BCUT2D eigenvalue weighted by molar-refractivity contribution is 5.94. The molecule has 8 heteroatoms. The summed E-state index contributed by atoms with van der Waals surface area (Å²) in [6, 6.07) is 15.5. The second-order valence-electron chi connectivity index (χ2n) is 10.3. The van der Waals surface area contributed by atoms with Crippen molar-refractivity contribution in [1.82, 2.24) is 19.8 Å². The summed E-state index contributed by atoms with van der Waals surface area (Å²) in [5, 5.41) is 12.7. The molecule has 5 rings (SSSR count). The van der Waals surface area contributed by atoms with Crippen LogP contribution in [-0.2, 0) is 13.0 Å². The largest absolute Gasteiger partial charge is 0.459 e. The summed E-state index contributed by atoms with van der Waals surface area (Å²) in [6.45, 7) is 11.3. The molecule has 8 nitrogen and oxygen atoms in total. The molecule has 1 fully saturated rings. The van der Waals surface area contributed by atoms with Crippen molar-refractivity contribution in [1.29, 1.82) is 0 Å². The van der Waals surface area contributed by atoms with Crippen LogP contribution in [0.2, 0.25) is 0 Å². The van der Waals surface area contributed by atoms with Crippen molar-refractivity contribution in [2.24, 2.45) is 0 Å². The third-order valence-electron chi connectivity index (χ3n) is 7.26. The molecule has 0 bridgehead atoms.